The lowest BCUT2D eigenvalue weighted by atomic mass is 9.95. The van der Waals surface area contributed by atoms with Crippen molar-refractivity contribution in [1.29, 1.82) is 0 Å². The van der Waals surface area contributed by atoms with E-state index in [9.17, 15) is 63.6 Å². The molecule has 10 amide bonds. The maximum Gasteiger partial charge on any atom is 0.331 e. The number of esters is 1. The Morgan fingerprint density at radius 2 is 1.15 bits per heavy atom. The molecule has 15 atom stereocenters. The van der Waals surface area contributed by atoms with E-state index >= 15 is 14.4 Å². The summed E-state index contributed by atoms with van der Waals surface area (Å²) in [5, 5.41) is 68.9. The molecule has 23 N–H and O–H groups in total. The Bertz CT molecular complexity index is 3430. The van der Waals surface area contributed by atoms with Gasteiger partial charge in [0.25, 0.3) is 0 Å². The molecule has 0 fully saturated rings. The molecule has 33 heteroatoms. The van der Waals surface area contributed by atoms with Gasteiger partial charge in [-0.3, -0.25) is 52.9 Å². The Morgan fingerprint density at radius 3 is 1.73 bits per heavy atom. The van der Waals surface area contributed by atoms with E-state index in [0.29, 0.717) is 34.7 Å². The number of aliphatic hydroxyl groups excluding tert-OH is 4. The van der Waals surface area contributed by atoms with Gasteiger partial charge in [0.15, 0.2) is 24.2 Å². The minimum Gasteiger partial charge on any atom is -0.453 e. The molecule has 548 valence electrons. The average molecular weight is 1400 g/mol. The van der Waals surface area contributed by atoms with E-state index in [1.165, 1.54) is 58.2 Å². The molecule has 0 saturated carbocycles. The van der Waals surface area contributed by atoms with Gasteiger partial charge in [-0.1, -0.05) is 127 Å². The van der Waals surface area contributed by atoms with Crippen molar-refractivity contribution in [2.75, 3.05) is 26.7 Å². The van der Waals surface area contributed by atoms with E-state index in [1.807, 2.05) is 0 Å². The van der Waals surface area contributed by atoms with Crippen molar-refractivity contribution < 1.29 is 82.7 Å². The molecule has 100 heavy (non-hydrogen) atoms. The van der Waals surface area contributed by atoms with Gasteiger partial charge in [0.05, 0.1) is 31.4 Å². The second-order valence-corrected chi connectivity index (χ2v) is 25.0. The second kappa shape index (κ2) is 40.8. The Morgan fingerprint density at radius 1 is 0.610 bits per heavy atom. The number of ether oxygens (including phenoxy) is 1. The van der Waals surface area contributed by atoms with E-state index in [1.54, 1.807) is 88.5 Å². The van der Waals surface area contributed by atoms with Gasteiger partial charge in [-0.05, 0) is 80.2 Å². The van der Waals surface area contributed by atoms with E-state index < -0.39 is 181 Å². The van der Waals surface area contributed by atoms with Gasteiger partial charge in [-0.2, -0.15) is 0 Å². The van der Waals surface area contributed by atoms with Gasteiger partial charge < -0.3 is 111 Å². The zero-order valence-corrected chi connectivity index (χ0v) is 57.3. The lowest BCUT2D eigenvalue weighted by Crippen LogP contribution is -2.64. The van der Waals surface area contributed by atoms with Crippen molar-refractivity contribution in [3.05, 3.63) is 108 Å². The van der Waals surface area contributed by atoms with Crippen LogP contribution in [0.1, 0.15) is 96.9 Å². The molecule has 1 heterocycles. The van der Waals surface area contributed by atoms with Crippen LogP contribution in [0.2, 0.25) is 0 Å². The van der Waals surface area contributed by atoms with Crippen molar-refractivity contribution in [1.82, 2.24) is 58.2 Å². The number of aliphatic hydroxyl groups is 4. The molecule has 0 aliphatic carbocycles. The Kier molecular flexibility index (Phi) is 33.7. The third kappa shape index (κ3) is 25.4. The summed E-state index contributed by atoms with van der Waals surface area (Å²) < 4.78 is 6.02. The number of nitrogens with one attached hydrogen (secondary N) is 11. The topological polar surface area (TPSA) is 548 Å². The van der Waals surface area contributed by atoms with Crippen molar-refractivity contribution in [2.45, 2.75) is 172 Å². The van der Waals surface area contributed by atoms with Gasteiger partial charge in [-0.15, -0.1) is 0 Å². The summed E-state index contributed by atoms with van der Waals surface area (Å²) in [6, 6.07) is 5.57. The molecule has 0 bridgehead atoms. The molecule has 0 radical (unpaired) electrons. The number of carbonyl (C=O) groups is 12. The van der Waals surface area contributed by atoms with Gasteiger partial charge in [0, 0.05) is 30.1 Å². The van der Waals surface area contributed by atoms with E-state index in [4.69, 9.17) is 27.7 Å². The normalized spacial score (nSPS) is 15.8. The number of aldehydes is 1. The highest BCUT2D eigenvalue weighted by Crippen LogP contribution is 2.26. The first-order valence-electron chi connectivity index (χ1n) is 32.8. The number of aliphatic imine (C=N–C) groups is 1. The number of aromatic nitrogens is 1. The molecule has 33 nitrogen and oxygen atoms in total. The number of H-pyrrole nitrogens is 1. The Balaban J connectivity index is 1.89. The van der Waals surface area contributed by atoms with Crippen molar-refractivity contribution in [3.8, 4) is 0 Å². The monoisotopic (exact) mass is 1400 g/mol. The first-order chi connectivity index (χ1) is 47.3. The summed E-state index contributed by atoms with van der Waals surface area (Å²) in [5.74, 6) is -14.8. The maximum atomic E-state index is 15.7. The number of fused-ring (bicyclic) bond motifs is 1. The van der Waals surface area contributed by atoms with E-state index in [0.717, 1.165) is 0 Å². The number of guanidine groups is 1. The van der Waals surface area contributed by atoms with Crippen LogP contribution in [-0.4, -0.2) is 208 Å². The van der Waals surface area contributed by atoms with Crippen LogP contribution in [-0.2, 0) is 75.1 Å². The first-order valence-corrected chi connectivity index (χ1v) is 32.8. The van der Waals surface area contributed by atoms with Crippen LogP contribution in [0.4, 0.5) is 0 Å². The number of para-hydroxylation sites is 1. The molecule has 3 aromatic carbocycles. The summed E-state index contributed by atoms with van der Waals surface area (Å²) in [5.41, 5.74) is 24.6. The summed E-state index contributed by atoms with van der Waals surface area (Å²) in [6.07, 6.45) is -5.90. The third-order valence-electron chi connectivity index (χ3n) is 16.2. The number of aromatic amines is 1. The average Bonchev–Trinajstić information content (AvgIpc) is 1.52. The molecule has 1 aromatic heterocycles. The number of primary amides is 1. The fourth-order valence-electron chi connectivity index (χ4n) is 10.4. The van der Waals surface area contributed by atoms with Crippen LogP contribution in [0.5, 0.6) is 0 Å². The quantitative estimate of drug-likeness (QED) is 0.00656. The number of amides is 10. The summed E-state index contributed by atoms with van der Waals surface area (Å²) >= 11 is 0. The van der Waals surface area contributed by atoms with Crippen LogP contribution in [0.3, 0.4) is 0 Å². The fourth-order valence-corrected chi connectivity index (χ4v) is 10.4. The minimum absolute atomic E-state index is 0.00585. The lowest BCUT2D eigenvalue weighted by molar-refractivity contribution is -0.159. The van der Waals surface area contributed by atoms with Crippen molar-refractivity contribution in [3.63, 3.8) is 0 Å². The molecule has 0 saturated heterocycles. The molecule has 4 aromatic rings. The number of nitrogens with two attached hydrogens (primary N) is 4. The number of hydrogen-bond acceptors (Lipinski definition) is 20. The van der Waals surface area contributed by atoms with Crippen LogP contribution >= 0.6 is 0 Å². The molecule has 0 spiro atoms. The Hall–Kier alpha value is -9.93. The predicted molar refractivity (Wildman–Crippen MR) is 366 cm³/mol. The molecular formula is C67H98N16O17. The van der Waals surface area contributed by atoms with Crippen LogP contribution in [0.25, 0.3) is 10.9 Å². The zero-order valence-electron chi connectivity index (χ0n) is 57.3. The lowest BCUT2D eigenvalue weighted by Gasteiger charge is -2.33. The Labute approximate surface area is 579 Å². The van der Waals surface area contributed by atoms with Crippen LogP contribution in [0, 0.1) is 17.8 Å². The zero-order chi connectivity index (χ0) is 74.5. The highest BCUT2D eigenvalue weighted by atomic mass is 16.5. The maximum absolute atomic E-state index is 15.7. The summed E-state index contributed by atoms with van der Waals surface area (Å²) in [7, 11) is 1.38. The van der Waals surface area contributed by atoms with E-state index in [2.05, 4.69) is 63.1 Å². The van der Waals surface area contributed by atoms with Gasteiger partial charge in [-0.25, -0.2) is 4.79 Å². The number of rotatable bonds is 42. The number of carbonyl (C=O) groups excluding carboxylic acids is 12. The van der Waals surface area contributed by atoms with Gasteiger partial charge in [0.2, 0.25) is 59.1 Å². The number of benzene rings is 3. The molecule has 0 aliphatic heterocycles. The first kappa shape index (κ1) is 82.5. The SMILES string of the molecule is CC[C@H](C)[C@H](NC(=O)[C@@H](CCCN=C(N)N)NC(=O)[C@H](CC(C)C)NC(=O)[C@@H](NC(=O)[C@@H](NC(=O)C(Cc1c[nH]c2ccccc12)NC(=O)[C@H](N)Cc1ccccc1)[C@H](OC(=O)[C@H](CO)NC(=O)[C@@H](NC(=O)CNC)[C@H](O)C(N)=O)c1ccccc1)[C@H](O)C(C)C)C(=O)N[C@H](C=O)[C@H](C)O. The molecule has 0 aliphatic rings. The van der Waals surface area contributed by atoms with E-state index in [-0.39, 0.29) is 50.2 Å². The standard InChI is InChI=1S/C67H98N16O17/c1-9-36(6)50(62(95)78-47(32-84)37(7)86)81-59(92)44(25-18-26-73-67(70)71)75-60(93)45(27-34(2)3)77-63(96)51(54(88)35(4)5)82-65(98)53(56(39-21-14-11-15-22-39)100-66(99)48(33-85)79-64(97)52(55(89)57(69)90)80-49(87)31-72-8)83-61(94)46(29-40-30-74-43-24-17-16-23-41(40)43)76-58(91)42(68)28-38-19-12-10-13-20-38/h10-17,19-24,30,32,34-37,42,44-48,50-56,72,74,85-86,88-89H,9,18,25-29,31,33,68H2,1-8H3,(H2,69,90)(H,75,93)(H,76,91)(H,77,96)(H,78,95)(H,79,97)(H,80,87)(H,81,92)(H,82,98)(H,83,94)(H4,70,71,73)/t36-,37-,42+,44+,45-,46?,47+,48-,50-,51-,52-,53-,54+,55-,56+/m0/s1. The third-order valence-corrected chi connectivity index (χ3v) is 16.2. The van der Waals surface area contributed by atoms with Crippen LogP contribution < -0.4 is 76.1 Å². The minimum atomic E-state index is -2.39. The van der Waals surface area contributed by atoms with Crippen LogP contribution in [0.15, 0.2) is 96.1 Å². The smallest absolute Gasteiger partial charge is 0.331 e. The second-order valence-electron chi connectivity index (χ2n) is 25.0. The largest absolute Gasteiger partial charge is 0.453 e. The highest BCUT2D eigenvalue weighted by Gasteiger charge is 2.43. The van der Waals surface area contributed by atoms with Crippen molar-refractivity contribution >= 4 is 88.2 Å². The van der Waals surface area contributed by atoms with Crippen molar-refractivity contribution in [2.24, 2.45) is 45.7 Å². The molecule has 4 rings (SSSR count). The highest BCUT2D eigenvalue weighted by molar-refractivity contribution is 6.00. The number of nitrogens with zero attached hydrogens (tertiary/aromatic N) is 1. The fraction of sp³-hybridized carbons (Fsp3) is 0.507. The molecular weight excluding hydrogens is 1300 g/mol. The number of hydrogen-bond donors (Lipinski definition) is 19. The predicted octanol–water partition coefficient (Wildman–Crippen LogP) is -4.27. The summed E-state index contributed by atoms with van der Waals surface area (Å²) in [6.45, 7) is 9.28. The summed E-state index contributed by atoms with van der Waals surface area (Å²) in [4.78, 5) is 175. The van der Waals surface area contributed by atoms with Gasteiger partial charge in [0.1, 0.15) is 54.6 Å². The van der Waals surface area contributed by atoms with Gasteiger partial charge >= 0.3 is 5.97 Å². The molecule has 1 unspecified atom stereocenters. The number of likely N-dealkylation sites (N-methyl/N-ethyl adjacent to an activating group) is 1.